The van der Waals surface area contributed by atoms with Crippen LogP contribution in [0.2, 0.25) is 5.02 Å². The first-order valence-corrected chi connectivity index (χ1v) is 23.1. The fourth-order valence-electron chi connectivity index (χ4n) is 7.97. The number of hydroxylamine groups is 1. The second-order valence-electron chi connectivity index (χ2n) is 17.1. The van der Waals surface area contributed by atoms with E-state index in [-0.39, 0.29) is 29.7 Å². The molecular weight excluding hydrogens is 899 g/mol. The molecular formula is C49H61ClFN8O7S+. The molecule has 2 aliphatic heterocycles. The van der Waals surface area contributed by atoms with E-state index in [4.69, 9.17) is 21.1 Å². The van der Waals surface area contributed by atoms with E-state index in [1.807, 2.05) is 60.4 Å². The standard InChI is InChI=1S/C49H60ClFN8O7S/c1-7-8-13-34(31-54-33(2)55-59(6,64)67)32-66-38-17-15-36(16-18-38)49(3,4)37-26-35(30-52)45(41(50)27-37)65-25-11-9-10-19-56-20-22-57(23-21-56)44-29-40-39(28-42(44)51)47(62)58(48(40)63)43(14-12-24-60)46(61)53-5/h8,13,15-18,24,26-29,31,43,64,67H,7,9-12,14,19-23,25,32H2,1-6H3,(H-,53,54,55,61)/p+1/b13-8+,34-31+. The molecule has 0 saturated carbocycles. The van der Waals surface area contributed by atoms with Crippen molar-refractivity contribution < 1.29 is 42.4 Å². The maximum atomic E-state index is 15.5. The number of carbonyl (C=O) groups is 4. The molecule has 3 aromatic rings. The molecule has 0 spiro atoms. The summed E-state index contributed by atoms with van der Waals surface area (Å²) in [5.74, 6) is -1.13. The van der Waals surface area contributed by atoms with Gasteiger partial charge in [0, 0.05) is 56.8 Å². The number of imide groups is 1. The van der Waals surface area contributed by atoms with Crippen molar-refractivity contribution in [2.24, 2.45) is 5.10 Å². The maximum absolute atomic E-state index is 15.5. The summed E-state index contributed by atoms with van der Waals surface area (Å²) < 4.78 is 26.8. The lowest BCUT2D eigenvalue weighted by Crippen LogP contribution is -2.48. The highest BCUT2D eigenvalue weighted by atomic mass is 35.5. The Bertz CT molecular complexity index is 2410. The molecule has 1 saturated heterocycles. The molecule has 0 bridgehead atoms. The molecule has 2 heterocycles. The fraction of sp³-hybridized carbons (Fsp3) is 0.429. The van der Waals surface area contributed by atoms with Crippen LogP contribution in [0.15, 0.2) is 77.6 Å². The van der Waals surface area contributed by atoms with Gasteiger partial charge in [0.1, 0.15) is 56.4 Å². The average molecular weight is 961 g/mol. The molecule has 2 aliphatic rings. The summed E-state index contributed by atoms with van der Waals surface area (Å²) in [4.78, 5) is 55.1. The van der Waals surface area contributed by atoms with Gasteiger partial charge in [-0.2, -0.15) is 10.5 Å². The van der Waals surface area contributed by atoms with Crippen molar-refractivity contribution in [2.75, 3.05) is 64.9 Å². The number of hydrogen-bond donors (Lipinski definition) is 4. The number of piperazine rings is 1. The predicted octanol–water partition coefficient (Wildman–Crippen LogP) is 7.57. The summed E-state index contributed by atoms with van der Waals surface area (Å²) in [7, 11) is 2.80. The van der Waals surface area contributed by atoms with Crippen LogP contribution in [0.25, 0.3) is 0 Å². The minimum atomic E-state index is -1.18. The highest BCUT2D eigenvalue weighted by Crippen LogP contribution is 2.39. The van der Waals surface area contributed by atoms with Crippen LogP contribution in [-0.4, -0.2) is 115 Å². The molecule has 3 N–H and O–H groups in total. The molecule has 0 aromatic heterocycles. The molecule has 15 nitrogen and oxygen atoms in total. The van der Waals surface area contributed by atoms with Gasteiger partial charge in [-0.3, -0.25) is 24.2 Å². The van der Waals surface area contributed by atoms with Crippen molar-refractivity contribution >= 4 is 59.9 Å². The minimum absolute atomic E-state index is 0.0220. The zero-order valence-corrected chi connectivity index (χ0v) is 40.6. The molecule has 67 heavy (non-hydrogen) atoms. The van der Waals surface area contributed by atoms with Gasteiger partial charge in [0.2, 0.25) is 5.91 Å². The number of unbranched alkanes of at least 4 members (excludes halogenated alkanes) is 2. The van der Waals surface area contributed by atoms with Crippen molar-refractivity contribution in [3.8, 4) is 17.6 Å². The summed E-state index contributed by atoms with van der Waals surface area (Å²) >= 11 is 10.8. The lowest BCUT2D eigenvalue weighted by Gasteiger charge is -2.36. The van der Waals surface area contributed by atoms with Crippen molar-refractivity contribution in [1.29, 1.82) is 5.26 Å². The first-order chi connectivity index (χ1) is 31.9. The predicted molar refractivity (Wildman–Crippen MR) is 259 cm³/mol. The number of aldehydes is 1. The number of rotatable bonds is 22. The number of quaternary nitrogens is 1. The number of amidine groups is 1. The molecule has 18 heteroatoms. The van der Waals surface area contributed by atoms with Crippen LogP contribution < -0.4 is 25.0 Å². The zero-order valence-electron chi connectivity index (χ0n) is 39.0. The van der Waals surface area contributed by atoms with E-state index < -0.39 is 39.2 Å². The third kappa shape index (κ3) is 13.7. The first kappa shape index (κ1) is 52.2. The van der Waals surface area contributed by atoms with Gasteiger partial charge in [0.15, 0.2) is 11.6 Å². The number of allylic oxidation sites excluding steroid dienone is 1. The Kier molecular flexibility index (Phi) is 18.5. The van der Waals surface area contributed by atoms with Gasteiger partial charge in [0.05, 0.1) is 34.0 Å². The van der Waals surface area contributed by atoms with Crippen LogP contribution in [0, 0.1) is 17.1 Å². The number of thiol groups is 1. The number of likely N-dealkylation sites (N-methyl/N-ethyl adjacent to an activating group) is 1. The summed E-state index contributed by atoms with van der Waals surface area (Å²) in [5.41, 5.74) is 2.75. The first-order valence-electron chi connectivity index (χ1n) is 22.4. The van der Waals surface area contributed by atoms with E-state index in [2.05, 4.69) is 53.4 Å². The Hall–Kier alpha value is -5.77. The second kappa shape index (κ2) is 23.8. The number of nitrogens with one attached hydrogen (secondary N) is 2. The lowest BCUT2D eigenvalue weighted by atomic mass is 9.77. The Morgan fingerprint density at radius 3 is 2.37 bits per heavy atom. The fourth-order valence-corrected chi connectivity index (χ4v) is 8.37. The maximum Gasteiger partial charge on any atom is 0.262 e. The van der Waals surface area contributed by atoms with E-state index in [0.717, 1.165) is 59.9 Å². The van der Waals surface area contributed by atoms with Crippen LogP contribution in [0.5, 0.6) is 11.5 Å². The number of hydrogen-bond acceptors (Lipinski definition) is 12. The molecule has 3 aromatic carbocycles. The third-order valence-corrected chi connectivity index (χ3v) is 12.1. The highest BCUT2D eigenvalue weighted by Gasteiger charge is 2.43. The van der Waals surface area contributed by atoms with Gasteiger partial charge in [-0.05, 0) is 102 Å². The number of benzene rings is 3. The normalized spacial score (nSPS) is 16.1. The molecule has 3 amide bonds. The summed E-state index contributed by atoms with van der Waals surface area (Å²) in [6.45, 7) is 11.8. The van der Waals surface area contributed by atoms with E-state index >= 15 is 4.39 Å². The van der Waals surface area contributed by atoms with Crippen LogP contribution in [0.4, 0.5) is 10.1 Å². The third-order valence-electron chi connectivity index (χ3n) is 11.7. The Labute approximate surface area is 402 Å². The Morgan fingerprint density at radius 1 is 1.06 bits per heavy atom. The number of anilines is 1. The van der Waals surface area contributed by atoms with E-state index in [9.17, 15) is 29.6 Å². The van der Waals surface area contributed by atoms with E-state index in [1.54, 1.807) is 13.1 Å². The quantitative estimate of drug-likeness (QED) is 0.00900. The van der Waals surface area contributed by atoms with Crippen LogP contribution in [0.3, 0.4) is 0 Å². The van der Waals surface area contributed by atoms with Crippen LogP contribution in [0.1, 0.15) is 104 Å². The number of nitriles is 1. The lowest BCUT2D eigenvalue weighted by molar-refractivity contribution is -0.979. The van der Waals surface area contributed by atoms with E-state index in [1.165, 1.54) is 20.2 Å². The van der Waals surface area contributed by atoms with Crippen molar-refractivity contribution in [3.63, 3.8) is 0 Å². The number of amides is 3. The number of carbonyl (C=O) groups excluding carboxylic acids is 4. The summed E-state index contributed by atoms with van der Waals surface area (Å²) in [6.07, 6.45) is 9.70. The van der Waals surface area contributed by atoms with Crippen molar-refractivity contribution in [2.45, 2.75) is 77.7 Å². The molecule has 5 rings (SSSR count). The molecule has 358 valence electrons. The molecule has 1 fully saturated rings. The zero-order chi connectivity index (χ0) is 48.9. The van der Waals surface area contributed by atoms with E-state index in [0.29, 0.717) is 73.6 Å². The van der Waals surface area contributed by atoms with Gasteiger partial charge >= 0.3 is 0 Å². The monoisotopic (exact) mass is 959 g/mol. The largest absolute Gasteiger partial charge is 0.491 e. The summed E-state index contributed by atoms with van der Waals surface area (Å²) in [5, 5.41) is 29.8. The highest BCUT2D eigenvalue weighted by molar-refractivity contribution is 7.74. The van der Waals surface area contributed by atoms with Crippen molar-refractivity contribution in [3.05, 3.63) is 111 Å². The van der Waals surface area contributed by atoms with Gasteiger partial charge in [-0.15, -0.1) is 0 Å². The molecule has 0 aliphatic carbocycles. The number of nitrogens with zero attached hydrogens (tertiary/aromatic N) is 6. The molecule has 2 unspecified atom stereocenters. The second-order valence-corrected chi connectivity index (χ2v) is 18.2. The SMILES string of the molecule is CC/C=C/C(=C\N/C(C)=N\[N+](C)(O)S)COc1ccc(C(C)(C)c2cc(Cl)c(OCCCCCN3CCN(c4cc5c(cc4F)C(=O)N(C(CCC=O)C(=O)NC)C5=O)CC3)c(C#N)c2)cc1. The number of halogens is 2. The van der Waals surface area contributed by atoms with Gasteiger partial charge in [0.25, 0.3) is 11.8 Å². The van der Waals surface area contributed by atoms with Gasteiger partial charge < -0.3 is 29.8 Å². The van der Waals surface area contributed by atoms with Gasteiger partial charge in [-0.1, -0.05) is 56.7 Å². The Balaban J connectivity index is 1.09. The van der Waals surface area contributed by atoms with Crippen LogP contribution in [-0.2, 0) is 15.0 Å². The minimum Gasteiger partial charge on any atom is -0.491 e. The number of fused-ring (bicyclic) bond motifs is 1. The molecule has 0 radical (unpaired) electrons. The smallest absolute Gasteiger partial charge is 0.262 e. The Morgan fingerprint density at radius 2 is 1.75 bits per heavy atom. The van der Waals surface area contributed by atoms with Crippen LogP contribution >= 0.6 is 24.4 Å². The van der Waals surface area contributed by atoms with Crippen molar-refractivity contribution in [1.82, 2.24) is 20.4 Å². The summed E-state index contributed by atoms with van der Waals surface area (Å²) in [6, 6.07) is 15.0. The topological polar surface area (TPSA) is 177 Å². The van der Waals surface area contributed by atoms with Gasteiger partial charge in [-0.25, -0.2) is 4.39 Å². The molecule has 2 atom stereocenters. The average Bonchev–Trinajstić information content (AvgIpc) is 3.53. The number of ether oxygens (including phenoxy) is 2.